The molecule has 2 aromatic rings. The molecular formula is C42H59N5O10. The van der Waals surface area contributed by atoms with Crippen LogP contribution in [0.4, 0.5) is 5.69 Å². The Balaban J connectivity index is 0.0000112. The summed E-state index contributed by atoms with van der Waals surface area (Å²) in [6.07, 6.45) is 1.07. The van der Waals surface area contributed by atoms with Gasteiger partial charge in [-0.15, -0.1) is 0 Å². The van der Waals surface area contributed by atoms with Crippen LogP contribution in [0.3, 0.4) is 0 Å². The molecule has 4 N–H and O–H groups in total. The van der Waals surface area contributed by atoms with Crippen molar-refractivity contribution in [1.82, 2.24) is 21.3 Å². The van der Waals surface area contributed by atoms with Crippen LogP contribution >= 0.6 is 0 Å². The summed E-state index contributed by atoms with van der Waals surface area (Å²) in [6.45, 7) is 0.643. The minimum absolute atomic E-state index is 0. The Morgan fingerprint density at radius 3 is 1.67 bits per heavy atom. The molecule has 57 heavy (non-hydrogen) atoms. The lowest BCUT2D eigenvalue weighted by atomic mass is 10.0. The minimum atomic E-state index is -1.21. The molecular weight excluding hydrogens is 734 g/mol. The maximum atomic E-state index is 13.4. The van der Waals surface area contributed by atoms with Crippen LogP contribution in [0.15, 0.2) is 48.5 Å². The number of hydrogen-bond donors (Lipinski definition) is 4. The molecule has 0 radical (unpaired) electrons. The summed E-state index contributed by atoms with van der Waals surface area (Å²) < 4.78 is 23.0. The van der Waals surface area contributed by atoms with Crippen LogP contribution in [0.1, 0.15) is 75.5 Å². The normalized spacial score (nSPS) is 11.6. The Hall–Kier alpha value is -5.14. The molecule has 312 valence electrons. The van der Waals surface area contributed by atoms with Gasteiger partial charge in [-0.2, -0.15) is 0 Å². The molecule has 0 atom stereocenters. The first-order valence-corrected chi connectivity index (χ1v) is 18.8. The quantitative estimate of drug-likeness (QED) is 0.0813. The highest BCUT2D eigenvalue weighted by atomic mass is 16.5. The number of carbonyl (C=O) groups is 6. The highest BCUT2D eigenvalue weighted by Gasteiger charge is 2.34. The van der Waals surface area contributed by atoms with Crippen LogP contribution in [0, 0.1) is 11.8 Å². The van der Waals surface area contributed by atoms with Gasteiger partial charge in [0.1, 0.15) is 11.3 Å². The number of rotatable bonds is 26. The standard InChI is InChI=1S/C41H55N5O10.CH4/c1-42-36(48)18-24-54-28-41(29-55-25-19-37(49)43-2,30-56-26-20-38(50)44-3)45-39(51)21-23-53-22-8-12-34(47)16-17-40(52)46-27-33-11-5-4-9-31(33)14-15-32-10-6-7-13-35(32)46;/h4-7,9-11,13H,8,12,16-30H2,1-3H3,(H,42,48)(H,43,49)(H,44,50)(H,45,51);1H4. The first-order valence-electron chi connectivity index (χ1n) is 18.8. The highest BCUT2D eigenvalue weighted by molar-refractivity contribution is 5.97. The van der Waals surface area contributed by atoms with Crippen LogP contribution in [0.2, 0.25) is 0 Å². The van der Waals surface area contributed by atoms with Gasteiger partial charge < -0.3 is 45.1 Å². The van der Waals surface area contributed by atoms with E-state index >= 15 is 0 Å². The number of ether oxygens (including phenoxy) is 4. The number of Topliss-reactive ketones (excluding diaryl/α,β-unsaturated/α-hetero) is 1. The molecule has 0 aliphatic carbocycles. The molecule has 1 heterocycles. The zero-order valence-corrected chi connectivity index (χ0v) is 32.7. The van der Waals surface area contributed by atoms with Gasteiger partial charge in [0, 0.05) is 83.8 Å². The molecule has 0 bridgehead atoms. The molecule has 3 rings (SSSR count). The fourth-order valence-electron chi connectivity index (χ4n) is 5.62. The third kappa shape index (κ3) is 17.7. The van der Waals surface area contributed by atoms with Crippen LogP contribution in [0.25, 0.3) is 0 Å². The highest BCUT2D eigenvalue weighted by Crippen LogP contribution is 2.26. The third-order valence-electron chi connectivity index (χ3n) is 8.81. The first-order chi connectivity index (χ1) is 27.1. The van der Waals surface area contributed by atoms with E-state index in [9.17, 15) is 28.8 Å². The number of nitrogens with one attached hydrogen (secondary N) is 4. The van der Waals surface area contributed by atoms with E-state index in [2.05, 4.69) is 33.1 Å². The van der Waals surface area contributed by atoms with Gasteiger partial charge in [-0.25, -0.2) is 0 Å². The van der Waals surface area contributed by atoms with Crippen molar-refractivity contribution in [2.24, 2.45) is 0 Å². The minimum Gasteiger partial charge on any atom is -0.381 e. The monoisotopic (exact) mass is 793 g/mol. The predicted octanol–water partition coefficient (Wildman–Crippen LogP) is 2.42. The molecule has 0 spiro atoms. The lowest BCUT2D eigenvalue weighted by Gasteiger charge is -2.34. The van der Waals surface area contributed by atoms with E-state index in [4.69, 9.17) is 18.9 Å². The summed E-state index contributed by atoms with van der Waals surface area (Å²) in [5.74, 6) is 5.12. The van der Waals surface area contributed by atoms with Crippen LogP contribution in [-0.4, -0.2) is 115 Å². The number of ketones is 1. The zero-order chi connectivity index (χ0) is 40.6. The van der Waals surface area contributed by atoms with Crippen molar-refractivity contribution >= 4 is 41.0 Å². The van der Waals surface area contributed by atoms with E-state index in [1.807, 2.05) is 48.5 Å². The molecule has 0 saturated carbocycles. The number of hydrogen-bond acceptors (Lipinski definition) is 10. The smallest absolute Gasteiger partial charge is 0.227 e. The topological polar surface area (TPSA) is 191 Å². The Bertz CT molecular complexity index is 1630. The van der Waals surface area contributed by atoms with E-state index in [1.165, 1.54) is 21.1 Å². The molecule has 1 aliphatic heterocycles. The number of nitrogens with zero attached hydrogens (tertiary/aromatic N) is 1. The van der Waals surface area contributed by atoms with Crippen molar-refractivity contribution in [1.29, 1.82) is 0 Å². The molecule has 15 nitrogen and oxygen atoms in total. The third-order valence-corrected chi connectivity index (χ3v) is 8.81. The molecule has 2 aromatic carbocycles. The van der Waals surface area contributed by atoms with Crippen molar-refractivity contribution < 1.29 is 47.7 Å². The second-order valence-corrected chi connectivity index (χ2v) is 13.2. The second-order valence-electron chi connectivity index (χ2n) is 13.2. The van der Waals surface area contributed by atoms with E-state index < -0.39 is 11.4 Å². The summed E-state index contributed by atoms with van der Waals surface area (Å²) in [5, 5.41) is 10.5. The van der Waals surface area contributed by atoms with Crippen molar-refractivity contribution in [3.63, 3.8) is 0 Å². The average Bonchev–Trinajstić information content (AvgIpc) is 3.20. The van der Waals surface area contributed by atoms with Gasteiger partial charge in [-0.1, -0.05) is 49.6 Å². The van der Waals surface area contributed by atoms with Gasteiger partial charge >= 0.3 is 0 Å². The maximum absolute atomic E-state index is 13.4. The van der Waals surface area contributed by atoms with Gasteiger partial charge in [0.05, 0.1) is 58.5 Å². The SMILES string of the molecule is C.CNC(=O)CCOCC(COCCC(=O)NC)(COCCC(=O)NC)NC(=O)CCOCCCC(=O)CCC(=O)N1Cc2ccccc2C#Cc2ccccc21. The van der Waals surface area contributed by atoms with Crippen LogP contribution in [0.5, 0.6) is 0 Å². The largest absolute Gasteiger partial charge is 0.381 e. The molecule has 15 heteroatoms. The molecule has 0 aromatic heterocycles. The average molecular weight is 794 g/mol. The Morgan fingerprint density at radius 1 is 0.596 bits per heavy atom. The number of amides is 5. The van der Waals surface area contributed by atoms with Gasteiger partial charge in [-0.3, -0.25) is 28.8 Å². The molecule has 0 fully saturated rings. The van der Waals surface area contributed by atoms with Gasteiger partial charge in [0.25, 0.3) is 0 Å². The first kappa shape index (κ1) is 48.0. The van der Waals surface area contributed by atoms with Crippen LogP contribution < -0.4 is 26.2 Å². The summed E-state index contributed by atoms with van der Waals surface area (Å²) in [4.78, 5) is 76.3. The van der Waals surface area contributed by atoms with E-state index in [0.29, 0.717) is 13.0 Å². The number of benzene rings is 2. The number of para-hydroxylation sites is 1. The molecule has 5 amide bonds. The summed E-state index contributed by atoms with van der Waals surface area (Å²) in [6, 6.07) is 15.2. The van der Waals surface area contributed by atoms with E-state index in [1.54, 1.807) is 4.90 Å². The van der Waals surface area contributed by atoms with Crippen molar-refractivity contribution in [3.8, 4) is 11.8 Å². The maximum Gasteiger partial charge on any atom is 0.227 e. The molecule has 0 unspecified atom stereocenters. The van der Waals surface area contributed by atoms with E-state index in [0.717, 1.165) is 22.4 Å². The van der Waals surface area contributed by atoms with Gasteiger partial charge in [-0.05, 0) is 30.2 Å². The predicted molar refractivity (Wildman–Crippen MR) is 215 cm³/mol. The van der Waals surface area contributed by atoms with Crippen molar-refractivity contribution in [2.45, 2.75) is 70.9 Å². The summed E-state index contributed by atoms with van der Waals surface area (Å²) >= 11 is 0. The zero-order valence-electron chi connectivity index (χ0n) is 32.7. The number of fused-ring (bicyclic) bond motifs is 2. The van der Waals surface area contributed by atoms with E-state index in [-0.39, 0.29) is 135 Å². The Labute approximate surface area is 336 Å². The Kier molecular flexibility index (Phi) is 22.5. The number of carbonyl (C=O) groups excluding carboxylic acids is 6. The fourth-order valence-corrected chi connectivity index (χ4v) is 5.62. The van der Waals surface area contributed by atoms with Gasteiger partial charge in [0.2, 0.25) is 29.5 Å². The van der Waals surface area contributed by atoms with Gasteiger partial charge in [0.15, 0.2) is 0 Å². The van der Waals surface area contributed by atoms with Crippen molar-refractivity contribution in [2.75, 3.05) is 78.9 Å². The molecule has 0 saturated heterocycles. The lowest BCUT2D eigenvalue weighted by Crippen LogP contribution is -2.59. The molecule has 1 aliphatic rings. The fraction of sp³-hybridized carbons (Fsp3) is 0.524. The van der Waals surface area contributed by atoms with Crippen molar-refractivity contribution in [3.05, 3.63) is 65.2 Å². The van der Waals surface area contributed by atoms with Crippen LogP contribution in [-0.2, 0) is 54.3 Å². The second kappa shape index (κ2) is 26.7. The summed E-state index contributed by atoms with van der Waals surface area (Å²) in [5.41, 5.74) is 2.07. The summed E-state index contributed by atoms with van der Waals surface area (Å²) in [7, 11) is 4.55. The number of anilines is 1. The Morgan fingerprint density at radius 2 is 1.09 bits per heavy atom. The lowest BCUT2D eigenvalue weighted by molar-refractivity contribution is -0.131.